The van der Waals surface area contributed by atoms with Crippen molar-refractivity contribution in [3.8, 4) is 23.1 Å². The van der Waals surface area contributed by atoms with Gasteiger partial charge in [0.1, 0.15) is 18.1 Å². The van der Waals surface area contributed by atoms with E-state index in [-0.39, 0.29) is 11.6 Å². The van der Waals surface area contributed by atoms with Gasteiger partial charge in [-0.15, -0.1) is 0 Å². The van der Waals surface area contributed by atoms with E-state index >= 15 is 0 Å². The van der Waals surface area contributed by atoms with Gasteiger partial charge in [0.2, 0.25) is 0 Å². The van der Waals surface area contributed by atoms with Crippen LogP contribution in [0.4, 0.5) is 11.5 Å². The van der Waals surface area contributed by atoms with E-state index in [1.165, 1.54) is 6.33 Å². The SMILES string of the molecule is Cc1ccc(-c2ncnc(Nc3ccc(Cl)c(C#N)c3)c2O)cc1. The highest BCUT2D eigenvalue weighted by Crippen LogP contribution is 2.34. The summed E-state index contributed by atoms with van der Waals surface area (Å²) in [6.07, 6.45) is 1.37. The van der Waals surface area contributed by atoms with Gasteiger partial charge in [-0.05, 0) is 25.1 Å². The smallest absolute Gasteiger partial charge is 0.185 e. The third-order valence-corrected chi connectivity index (χ3v) is 3.83. The number of hydrogen-bond acceptors (Lipinski definition) is 5. The lowest BCUT2D eigenvalue weighted by Crippen LogP contribution is -1.97. The Bertz CT molecular complexity index is 933. The Balaban J connectivity index is 1.97. The van der Waals surface area contributed by atoms with E-state index in [4.69, 9.17) is 16.9 Å². The first-order valence-electron chi connectivity index (χ1n) is 7.16. The Labute approximate surface area is 144 Å². The maximum Gasteiger partial charge on any atom is 0.185 e. The summed E-state index contributed by atoms with van der Waals surface area (Å²) in [4.78, 5) is 8.22. The standard InChI is InChI=1S/C18H13ClN4O/c1-11-2-4-12(5-3-11)16-17(24)18(22-10-21-16)23-14-6-7-15(19)13(8-14)9-20/h2-8,10,24H,1H3,(H,21,22,23). The highest BCUT2D eigenvalue weighted by molar-refractivity contribution is 6.31. The molecule has 0 amide bonds. The van der Waals surface area contributed by atoms with Crippen LogP contribution >= 0.6 is 11.6 Å². The van der Waals surface area contributed by atoms with Crippen molar-refractivity contribution in [3.63, 3.8) is 0 Å². The Kier molecular flexibility index (Phi) is 4.32. The minimum atomic E-state index is -0.0604. The van der Waals surface area contributed by atoms with Crippen molar-refractivity contribution in [1.82, 2.24) is 9.97 Å². The molecule has 0 atom stereocenters. The number of aryl methyl sites for hydroxylation is 1. The van der Waals surface area contributed by atoms with Crippen LogP contribution in [0.15, 0.2) is 48.8 Å². The van der Waals surface area contributed by atoms with Crippen LogP contribution in [0.1, 0.15) is 11.1 Å². The van der Waals surface area contributed by atoms with Crippen LogP contribution in [0.25, 0.3) is 11.3 Å². The number of hydrogen-bond donors (Lipinski definition) is 2. The van der Waals surface area contributed by atoms with Crippen molar-refractivity contribution in [2.45, 2.75) is 6.92 Å². The third kappa shape index (κ3) is 3.14. The molecule has 0 radical (unpaired) electrons. The number of nitrogens with zero attached hydrogens (tertiary/aromatic N) is 3. The predicted molar refractivity (Wildman–Crippen MR) is 93.3 cm³/mol. The fraction of sp³-hybridized carbons (Fsp3) is 0.0556. The summed E-state index contributed by atoms with van der Waals surface area (Å²) in [5, 5.41) is 22.9. The van der Waals surface area contributed by atoms with Crippen LogP contribution in [0, 0.1) is 18.3 Å². The van der Waals surface area contributed by atoms with Crippen LogP contribution in [0.3, 0.4) is 0 Å². The van der Waals surface area contributed by atoms with Crippen LogP contribution in [-0.2, 0) is 0 Å². The lowest BCUT2D eigenvalue weighted by atomic mass is 10.1. The Morgan fingerprint density at radius 2 is 1.88 bits per heavy atom. The van der Waals surface area contributed by atoms with Crippen LogP contribution in [0.2, 0.25) is 5.02 Å². The molecule has 3 aromatic rings. The fourth-order valence-electron chi connectivity index (χ4n) is 2.22. The Morgan fingerprint density at radius 3 is 2.58 bits per heavy atom. The Morgan fingerprint density at radius 1 is 1.12 bits per heavy atom. The molecule has 5 nitrogen and oxygen atoms in total. The normalized spacial score (nSPS) is 10.2. The average molecular weight is 337 g/mol. The first kappa shape index (κ1) is 15.8. The lowest BCUT2D eigenvalue weighted by molar-refractivity contribution is 0.475. The van der Waals surface area contributed by atoms with Crippen LogP contribution < -0.4 is 5.32 Å². The van der Waals surface area contributed by atoms with Gasteiger partial charge >= 0.3 is 0 Å². The van der Waals surface area contributed by atoms with Gasteiger partial charge in [-0.3, -0.25) is 0 Å². The molecular formula is C18H13ClN4O. The highest BCUT2D eigenvalue weighted by Gasteiger charge is 2.13. The van der Waals surface area contributed by atoms with Gasteiger partial charge in [-0.25, -0.2) is 9.97 Å². The number of benzene rings is 2. The zero-order valence-corrected chi connectivity index (χ0v) is 13.5. The third-order valence-electron chi connectivity index (χ3n) is 3.50. The molecule has 1 aromatic heterocycles. The molecule has 0 aliphatic rings. The molecule has 24 heavy (non-hydrogen) atoms. The largest absolute Gasteiger partial charge is 0.503 e. The molecule has 0 unspecified atom stereocenters. The van der Waals surface area contributed by atoms with E-state index in [1.54, 1.807) is 18.2 Å². The van der Waals surface area contributed by atoms with Crippen molar-refractivity contribution >= 4 is 23.1 Å². The molecule has 118 valence electrons. The monoisotopic (exact) mass is 336 g/mol. The maximum absolute atomic E-state index is 10.5. The van der Waals surface area contributed by atoms with Gasteiger partial charge < -0.3 is 10.4 Å². The van der Waals surface area contributed by atoms with Gasteiger partial charge in [-0.1, -0.05) is 41.4 Å². The molecule has 3 rings (SSSR count). The predicted octanol–water partition coefficient (Wildman–Crippen LogP) is 4.43. The van der Waals surface area contributed by atoms with Crippen molar-refractivity contribution in [2.24, 2.45) is 0 Å². The molecule has 0 saturated heterocycles. The van der Waals surface area contributed by atoms with Gasteiger partial charge in [0.05, 0.1) is 10.6 Å². The maximum atomic E-state index is 10.5. The molecular weight excluding hydrogens is 324 g/mol. The summed E-state index contributed by atoms with van der Waals surface area (Å²) in [6.45, 7) is 1.99. The second-order valence-corrected chi connectivity index (χ2v) is 5.62. The number of nitrogens with one attached hydrogen (secondary N) is 1. The van der Waals surface area contributed by atoms with E-state index in [0.717, 1.165) is 11.1 Å². The van der Waals surface area contributed by atoms with Crippen molar-refractivity contribution in [2.75, 3.05) is 5.32 Å². The van der Waals surface area contributed by atoms with Gasteiger partial charge in [0.15, 0.2) is 11.6 Å². The van der Waals surface area contributed by atoms with Gasteiger partial charge in [0.25, 0.3) is 0 Å². The van der Waals surface area contributed by atoms with E-state index in [9.17, 15) is 5.11 Å². The molecule has 0 aliphatic carbocycles. The molecule has 2 aromatic carbocycles. The van der Waals surface area contributed by atoms with Crippen LogP contribution in [-0.4, -0.2) is 15.1 Å². The molecule has 0 fully saturated rings. The molecule has 0 saturated carbocycles. The molecule has 6 heteroatoms. The summed E-state index contributed by atoms with van der Waals surface area (Å²) in [5.74, 6) is 0.196. The second kappa shape index (κ2) is 6.57. The van der Waals surface area contributed by atoms with Gasteiger partial charge in [0, 0.05) is 11.3 Å². The minimum absolute atomic E-state index is 0.0604. The van der Waals surface area contributed by atoms with Crippen LogP contribution in [0.5, 0.6) is 5.75 Å². The fourth-order valence-corrected chi connectivity index (χ4v) is 2.38. The Hall–Kier alpha value is -3.10. The topological polar surface area (TPSA) is 81.8 Å². The lowest BCUT2D eigenvalue weighted by Gasteiger charge is -2.11. The number of halogens is 1. The molecule has 2 N–H and O–H groups in total. The number of nitriles is 1. The van der Waals surface area contributed by atoms with E-state index in [1.807, 2.05) is 37.3 Å². The summed E-state index contributed by atoms with van der Waals surface area (Å²) in [7, 11) is 0. The molecule has 0 aliphatic heterocycles. The first-order chi connectivity index (χ1) is 11.6. The second-order valence-electron chi connectivity index (χ2n) is 5.22. The van der Waals surface area contributed by atoms with Gasteiger partial charge in [-0.2, -0.15) is 5.26 Å². The average Bonchev–Trinajstić information content (AvgIpc) is 2.59. The number of aromatic nitrogens is 2. The summed E-state index contributed by atoms with van der Waals surface area (Å²) >= 11 is 5.92. The van der Waals surface area contributed by atoms with Crippen molar-refractivity contribution in [3.05, 3.63) is 64.9 Å². The number of aromatic hydroxyl groups is 1. The number of rotatable bonds is 3. The number of anilines is 2. The van der Waals surface area contributed by atoms with Crippen molar-refractivity contribution < 1.29 is 5.11 Å². The summed E-state index contributed by atoms with van der Waals surface area (Å²) in [5.41, 5.74) is 3.28. The van der Waals surface area contributed by atoms with E-state index in [2.05, 4.69) is 15.3 Å². The first-order valence-corrected chi connectivity index (χ1v) is 7.54. The molecule has 1 heterocycles. The van der Waals surface area contributed by atoms with Crippen molar-refractivity contribution in [1.29, 1.82) is 5.26 Å². The summed E-state index contributed by atoms with van der Waals surface area (Å²) < 4.78 is 0. The highest BCUT2D eigenvalue weighted by atomic mass is 35.5. The quantitative estimate of drug-likeness (QED) is 0.739. The summed E-state index contributed by atoms with van der Waals surface area (Å²) in [6, 6.07) is 14.6. The minimum Gasteiger partial charge on any atom is -0.503 e. The van der Waals surface area contributed by atoms with E-state index in [0.29, 0.717) is 22.0 Å². The zero-order chi connectivity index (χ0) is 17.1. The molecule has 0 bridgehead atoms. The van der Waals surface area contributed by atoms with E-state index < -0.39 is 0 Å². The zero-order valence-electron chi connectivity index (χ0n) is 12.8. The molecule has 0 spiro atoms.